The Morgan fingerprint density at radius 1 is 0.279 bits per heavy atom. The molecule has 0 aromatic rings. The third kappa shape index (κ3) is 76.8. The average Bonchev–Trinajstić information content (AvgIpc) is 0.915. The standard InChI is InChI=1S/C85H166O17P2/c1-7-10-12-14-16-18-20-22-24-26-27-28-29-30-32-34-36-38-43-51-57-63-69-84(89)101-80(73-95-82(87)67-61-55-49-42-37-35-33-31-25-23-21-19-17-15-13-11-8-2)75-99-103(91,92)97-71-79(86)72-98-104(93,94)100-76-81(74-96-83(88)68-62-56-50-46-45-48-54-60-66-78(6)9-3)102-85(90)70-64-58-52-44-40-39-41-47-53-59-65-77(4)5/h77-81,86H,7-76H2,1-6H3,(H,91,92)(H,93,94)/t78?,79-,80-,81-/m1/s1. The summed E-state index contributed by atoms with van der Waals surface area (Å²) in [7, 11) is -9.93. The molecule has 0 aliphatic rings. The van der Waals surface area contributed by atoms with Crippen LogP contribution in [0.5, 0.6) is 0 Å². The third-order valence-electron chi connectivity index (χ3n) is 20.3. The van der Waals surface area contributed by atoms with Crippen molar-refractivity contribution >= 4 is 39.5 Å². The van der Waals surface area contributed by atoms with Gasteiger partial charge in [0.2, 0.25) is 0 Å². The lowest BCUT2D eigenvalue weighted by molar-refractivity contribution is -0.161. The van der Waals surface area contributed by atoms with Gasteiger partial charge in [0.25, 0.3) is 0 Å². The molecule has 3 unspecified atom stereocenters. The van der Waals surface area contributed by atoms with Crippen LogP contribution in [-0.4, -0.2) is 96.7 Å². The second-order valence-electron chi connectivity index (χ2n) is 31.3. The van der Waals surface area contributed by atoms with Gasteiger partial charge in [-0.2, -0.15) is 0 Å². The zero-order valence-electron chi connectivity index (χ0n) is 68.3. The normalized spacial score (nSPS) is 14.1. The van der Waals surface area contributed by atoms with Crippen LogP contribution >= 0.6 is 15.6 Å². The first-order valence-electron chi connectivity index (χ1n) is 44.0. The second kappa shape index (κ2) is 76.4. The van der Waals surface area contributed by atoms with E-state index in [1.807, 2.05) is 0 Å². The molecule has 0 heterocycles. The Labute approximate surface area is 638 Å². The summed E-state index contributed by atoms with van der Waals surface area (Å²) in [6.45, 7) is 9.65. The summed E-state index contributed by atoms with van der Waals surface area (Å²) in [5, 5.41) is 10.7. The molecule has 0 fully saturated rings. The van der Waals surface area contributed by atoms with Crippen LogP contribution in [0.2, 0.25) is 0 Å². The van der Waals surface area contributed by atoms with Gasteiger partial charge in [0, 0.05) is 25.7 Å². The number of aliphatic hydroxyl groups excluding tert-OH is 1. The molecule has 0 saturated carbocycles. The Kier molecular flexibility index (Phi) is 75.0. The Morgan fingerprint density at radius 2 is 0.490 bits per heavy atom. The predicted octanol–water partition coefficient (Wildman–Crippen LogP) is 25.8. The van der Waals surface area contributed by atoms with Crippen LogP contribution in [0.15, 0.2) is 0 Å². The van der Waals surface area contributed by atoms with Crippen molar-refractivity contribution in [2.75, 3.05) is 39.6 Å². The molecule has 0 bridgehead atoms. The SMILES string of the molecule is CCCCCCCCCCCCCCCCCCCCCCCCC(=O)O[C@H](COC(=O)CCCCCCCCCCCCCCCCCCC)COP(=O)(O)OC[C@@H](O)COP(=O)(O)OC[C@@H](COC(=O)CCCCCCCCCCC(C)CC)OC(=O)CCCCCCCCCCCCC(C)C. The van der Waals surface area contributed by atoms with Crippen molar-refractivity contribution in [3.63, 3.8) is 0 Å². The van der Waals surface area contributed by atoms with Crippen LogP contribution in [0, 0.1) is 11.8 Å². The number of phosphoric acid groups is 2. The summed E-state index contributed by atoms with van der Waals surface area (Å²) in [6, 6.07) is 0. The number of esters is 4. The molecule has 0 aromatic carbocycles. The molecule has 104 heavy (non-hydrogen) atoms. The minimum absolute atomic E-state index is 0.106. The minimum atomic E-state index is -4.97. The number of aliphatic hydroxyl groups is 1. The van der Waals surface area contributed by atoms with Crippen molar-refractivity contribution in [2.45, 2.75) is 471 Å². The first-order chi connectivity index (χ1) is 50.4. The fourth-order valence-electron chi connectivity index (χ4n) is 13.2. The number of carbonyl (C=O) groups excluding carboxylic acids is 4. The number of hydrogen-bond donors (Lipinski definition) is 3. The lowest BCUT2D eigenvalue weighted by atomic mass is 9.99. The van der Waals surface area contributed by atoms with Crippen molar-refractivity contribution in [1.29, 1.82) is 0 Å². The third-order valence-corrected chi connectivity index (χ3v) is 22.2. The molecule has 0 aromatic heterocycles. The topological polar surface area (TPSA) is 237 Å². The highest BCUT2D eigenvalue weighted by atomic mass is 31.2. The molecule has 19 heteroatoms. The Balaban J connectivity index is 5.23. The number of unbranched alkanes of at least 4 members (excludes halogenated alkanes) is 53. The molecule has 618 valence electrons. The quantitative estimate of drug-likeness (QED) is 0.0222. The summed E-state index contributed by atoms with van der Waals surface area (Å²) in [5.74, 6) is -0.576. The summed E-state index contributed by atoms with van der Waals surface area (Å²) >= 11 is 0. The molecule has 0 radical (unpaired) electrons. The summed E-state index contributed by atoms with van der Waals surface area (Å²) in [4.78, 5) is 73.2. The number of ether oxygens (including phenoxy) is 4. The van der Waals surface area contributed by atoms with Gasteiger partial charge >= 0.3 is 39.5 Å². The smallest absolute Gasteiger partial charge is 0.462 e. The van der Waals surface area contributed by atoms with Gasteiger partial charge in [-0.15, -0.1) is 0 Å². The van der Waals surface area contributed by atoms with Crippen molar-refractivity contribution in [1.82, 2.24) is 0 Å². The number of rotatable bonds is 84. The van der Waals surface area contributed by atoms with Crippen molar-refractivity contribution in [2.24, 2.45) is 11.8 Å². The summed E-state index contributed by atoms with van der Waals surface area (Å²) < 4.78 is 68.9. The predicted molar refractivity (Wildman–Crippen MR) is 428 cm³/mol. The molecule has 3 N–H and O–H groups in total. The zero-order valence-corrected chi connectivity index (χ0v) is 70.1. The van der Waals surface area contributed by atoms with E-state index in [2.05, 4.69) is 41.5 Å². The molecule has 0 aliphatic carbocycles. The van der Waals surface area contributed by atoms with Crippen LogP contribution in [-0.2, 0) is 65.4 Å². The van der Waals surface area contributed by atoms with Gasteiger partial charge in [-0.1, -0.05) is 401 Å². The van der Waals surface area contributed by atoms with E-state index in [0.29, 0.717) is 25.7 Å². The van der Waals surface area contributed by atoms with E-state index in [9.17, 15) is 43.2 Å². The Hall–Kier alpha value is -1.94. The minimum Gasteiger partial charge on any atom is -0.462 e. The highest BCUT2D eigenvalue weighted by Gasteiger charge is 2.30. The highest BCUT2D eigenvalue weighted by molar-refractivity contribution is 7.47. The second-order valence-corrected chi connectivity index (χ2v) is 34.2. The van der Waals surface area contributed by atoms with Gasteiger partial charge in [-0.25, -0.2) is 9.13 Å². The van der Waals surface area contributed by atoms with E-state index in [-0.39, 0.29) is 25.7 Å². The van der Waals surface area contributed by atoms with Crippen LogP contribution in [0.25, 0.3) is 0 Å². The lowest BCUT2D eigenvalue weighted by Gasteiger charge is -2.21. The monoisotopic (exact) mass is 1520 g/mol. The molecule has 0 saturated heterocycles. The summed E-state index contributed by atoms with van der Waals surface area (Å²) in [5.41, 5.74) is 0. The van der Waals surface area contributed by atoms with Crippen LogP contribution in [0.3, 0.4) is 0 Å². The fourth-order valence-corrected chi connectivity index (χ4v) is 14.8. The maximum atomic E-state index is 13.1. The molecule has 0 spiro atoms. The van der Waals surface area contributed by atoms with Gasteiger partial charge in [0.1, 0.15) is 19.3 Å². The molecule has 0 rings (SSSR count). The van der Waals surface area contributed by atoms with Gasteiger partial charge in [0.05, 0.1) is 26.4 Å². The zero-order chi connectivity index (χ0) is 76.4. The molecule has 0 amide bonds. The Bertz CT molecular complexity index is 2000. The number of phosphoric ester groups is 2. The molecular weight excluding hydrogens is 1350 g/mol. The first-order valence-corrected chi connectivity index (χ1v) is 47.0. The van der Waals surface area contributed by atoms with Gasteiger partial charge < -0.3 is 33.8 Å². The first kappa shape index (κ1) is 102. The maximum Gasteiger partial charge on any atom is 0.472 e. The van der Waals surface area contributed by atoms with Crippen molar-refractivity contribution < 1.29 is 80.2 Å². The number of carbonyl (C=O) groups is 4. The van der Waals surface area contributed by atoms with Crippen molar-refractivity contribution in [3.8, 4) is 0 Å². The lowest BCUT2D eigenvalue weighted by Crippen LogP contribution is -2.30. The van der Waals surface area contributed by atoms with Crippen molar-refractivity contribution in [3.05, 3.63) is 0 Å². The largest absolute Gasteiger partial charge is 0.472 e. The van der Waals surface area contributed by atoms with Crippen LogP contribution in [0.4, 0.5) is 0 Å². The molecule has 0 aliphatic heterocycles. The number of hydrogen-bond acceptors (Lipinski definition) is 15. The molecule has 6 atom stereocenters. The van der Waals surface area contributed by atoms with E-state index in [1.165, 1.54) is 270 Å². The van der Waals surface area contributed by atoms with E-state index in [0.717, 1.165) is 102 Å². The summed E-state index contributed by atoms with van der Waals surface area (Å²) in [6.07, 6.45) is 68.1. The van der Waals surface area contributed by atoms with Gasteiger partial charge in [-0.05, 0) is 37.5 Å². The molecule has 17 nitrogen and oxygen atoms in total. The Morgan fingerprint density at radius 3 is 0.731 bits per heavy atom. The van der Waals surface area contributed by atoms with Crippen LogP contribution in [0.1, 0.15) is 452 Å². The maximum absolute atomic E-state index is 13.1. The van der Waals surface area contributed by atoms with Crippen LogP contribution < -0.4 is 0 Å². The van der Waals surface area contributed by atoms with Gasteiger partial charge in [-0.3, -0.25) is 37.3 Å². The van der Waals surface area contributed by atoms with E-state index >= 15 is 0 Å². The fraction of sp³-hybridized carbons (Fsp3) is 0.953. The van der Waals surface area contributed by atoms with E-state index < -0.39 is 97.5 Å². The highest BCUT2D eigenvalue weighted by Crippen LogP contribution is 2.45. The average molecular weight is 1520 g/mol. The van der Waals surface area contributed by atoms with E-state index in [1.54, 1.807) is 0 Å². The molecular formula is C85H166O17P2. The van der Waals surface area contributed by atoms with E-state index in [4.69, 9.17) is 37.0 Å². The van der Waals surface area contributed by atoms with Gasteiger partial charge in [0.15, 0.2) is 12.2 Å².